The average Bonchev–Trinajstić information content (AvgIpc) is 3.20. The molecule has 1 aromatic heterocycles. The average molecular weight is 500 g/mol. The van der Waals surface area contributed by atoms with Crippen molar-refractivity contribution in [3.63, 3.8) is 0 Å². The fraction of sp³-hybridized carbons (Fsp3) is 0.385. The van der Waals surface area contributed by atoms with E-state index in [2.05, 4.69) is 10.3 Å². The van der Waals surface area contributed by atoms with Crippen molar-refractivity contribution in [3.05, 3.63) is 64.3 Å². The summed E-state index contributed by atoms with van der Waals surface area (Å²) in [6, 6.07) is 13.0. The molecule has 9 heteroatoms. The van der Waals surface area contributed by atoms with Crippen LogP contribution in [0.3, 0.4) is 0 Å². The van der Waals surface area contributed by atoms with E-state index in [4.69, 9.17) is 21.1 Å². The van der Waals surface area contributed by atoms with Crippen LogP contribution in [0.15, 0.2) is 42.5 Å². The van der Waals surface area contributed by atoms with Crippen molar-refractivity contribution in [2.45, 2.75) is 38.8 Å². The summed E-state index contributed by atoms with van der Waals surface area (Å²) in [5, 5.41) is 14.3. The van der Waals surface area contributed by atoms with E-state index in [0.717, 1.165) is 27.7 Å². The first-order chi connectivity index (χ1) is 16.9. The highest BCUT2D eigenvalue weighted by Gasteiger charge is 2.35. The predicted octanol–water partition coefficient (Wildman–Crippen LogP) is 4.19. The number of amides is 2. The molecule has 3 aromatic rings. The Morgan fingerprint density at radius 1 is 1.26 bits per heavy atom. The van der Waals surface area contributed by atoms with E-state index in [9.17, 15) is 14.7 Å². The molecule has 4 rings (SSSR count). The highest BCUT2D eigenvalue weighted by molar-refractivity contribution is 6.31. The van der Waals surface area contributed by atoms with Gasteiger partial charge in [-0.05, 0) is 54.8 Å². The smallest absolute Gasteiger partial charge is 0.410 e. The van der Waals surface area contributed by atoms with Crippen LogP contribution in [0.2, 0.25) is 5.02 Å². The van der Waals surface area contributed by atoms with Crippen LogP contribution >= 0.6 is 11.6 Å². The van der Waals surface area contributed by atoms with Gasteiger partial charge in [0.25, 0.3) is 0 Å². The van der Waals surface area contributed by atoms with E-state index < -0.39 is 6.10 Å². The molecule has 0 spiro atoms. The molecule has 0 radical (unpaired) electrons. The second kappa shape index (κ2) is 11.0. The predicted molar refractivity (Wildman–Crippen MR) is 134 cm³/mol. The molecule has 0 saturated carbocycles. The molecular formula is C26H30ClN3O5. The summed E-state index contributed by atoms with van der Waals surface area (Å²) in [5.41, 5.74) is 4.01. The minimum atomic E-state index is -0.674. The standard InChI is InChI=1S/C26H30ClN3O5/c1-3-34-26(33)30-12-10-21-22-14-18(27)6-9-23(22)29-24(21)25(30)17-4-7-20(8-5-17)35-13-11-19(32)15-28-16(2)31/h4-9,14,19,25,29,32H,3,10-13,15H2,1-2H3,(H,28,31). The molecular weight excluding hydrogens is 470 g/mol. The lowest BCUT2D eigenvalue weighted by Crippen LogP contribution is -2.40. The quantitative estimate of drug-likeness (QED) is 0.431. The first-order valence-corrected chi connectivity index (χ1v) is 12.1. The number of aliphatic hydroxyl groups is 1. The minimum absolute atomic E-state index is 0.179. The van der Waals surface area contributed by atoms with Crippen LogP contribution in [0.1, 0.15) is 43.1 Å². The van der Waals surface area contributed by atoms with Crippen LogP contribution < -0.4 is 10.1 Å². The Morgan fingerprint density at radius 2 is 2.03 bits per heavy atom. The Kier molecular flexibility index (Phi) is 7.83. The van der Waals surface area contributed by atoms with Gasteiger partial charge >= 0.3 is 6.09 Å². The van der Waals surface area contributed by atoms with Gasteiger partial charge in [0.1, 0.15) is 11.8 Å². The van der Waals surface area contributed by atoms with Gasteiger partial charge in [0.15, 0.2) is 0 Å². The molecule has 2 amide bonds. The fourth-order valence-corrected chi connectivity index (χ4v) is 4.61. The Balaban J connectivity index is 1.54. The van der Waals surface area contributed by atoms with E-state index >= 15 is 0 Å². The van der Waals surface area contributed by atoms with Gasteiger partial charge in [0.2, 0.25) is 5.91 Å². The number of carbonyl (C=O) groups excluding carboxylic acids is 2. The maximum Gasteiger partial charge on any atom is 0.410 e. The third-order valence-corrected chi connectivity index (χ3v) is 6.33. The highest BCUT2D eigenvalue weighted by Crippen LogP contribution is 2.39. The molecule has 0 saturated heterocycles. The van der Waals surface area contributed by atoms with E-state index in [0.29, 0.717) is 43.4 Å². The lowest BCUT2D eigenvalue weighted by atomic mass is 9.92. The number of aliphatic hydroxyl groups excluding tert-OH is 1. The van der Waals surface area contributed by atoms with Crippen molar-refractivity contribution >= 4 is 34.5 Å². The third-order valence-electron chi connectivity index (χ3n) is 6.09. The molecule has 35 heavy (non-hydrogen) atoms. The van der Waals surface area contributed by atoms with Gasteiger partial charge in [0, 0.05) is 48.1 Å². The number of H-pyrrole nitrogens is 1. The lowest BCUT2D eigenvalue weighted by Gasteiger charge is -2.35. The van der Waals surface area contributed by atoms with Crippen LogP contribution in [-0.2, 0) is 16.0 Å². The van der Waals surface area contributed by atoms with Crippen molar-refractivity contribution in [1.82, 2.24) is 15.2 Å². The third kappa shape index (κ3) is 5.71. The molecule has 0 fully saturated rings. The van der Waals surface area contributed by atoms with Gasteiger partial charge in [-0.1, -0.05) is 23.7 Å². The normalized spacial score (nSPS) is 16.0. The number of nitrogens with one attached hydrogen (secondary N) is 2. The van der Waals surface area contributed by atoms with E-state index in [-0.39, 0.29) is 24.6 Å². The first kappa shape index (κ1) is 24.9. The maximum absolute atomic E-state index is 12.8. The van der Waals surface area contributed by atoms with Crippen LogP contribution in [0.4, 0.5) is 4.79 Å². The first-order valence-electron chi connectivity index (χ1n) is 11.8. The van der Waals surface area contributed by atoms with Gasteiger partial charge in [0.05, 0.1) is 19.3 Å². The van der Waals surface area contributed by atoms with Gasteiger partial charge < -0.3 is 24.9 Å². The van der Waals surface area contributed by atoms with Crippen LogP contribution in [0.25, 0.3) is 10.9 Å². The molecule has 0 bridgehead atoms. The summed E-state index contributed by atoms with van der Waals surface area (Å²) in [4.78, 5) is 29.0. The van der Waals surface area contributed by atoms with Crippen molar-refractivity contribution in [2.24, 2.45) is 0 Å². The van der Waals surface area contributed by atoms with Gasteiger partial charge in [-0.25, -0.2) is 4.79 Å². The number of nitrogens with zero attached hydrogens (tertiary/aromatic N) is 1. The zero-order valence-corrected chi connectivity index (χ0v) is 20.6. The number of rotatable bonds is 8. The molecule has 1 aliphatic heterocycles. The number of aromatic amines is 1. The summed E-state index contributed by atoms with van der Waals surface area (Å²) in [5.74, 6) is 0.476. The van der Waals surface area contributed by atoms with Gasteiger partial charge in [-0.2, -0.15) is 0 Å². The second-order valence-electron chi connectivity index (χ2n) is 8.55. The summed E-state index contributed by atoms with van der Waals surface area (Å²) < 4.78 is 11.1. The van der Waals surface area contributed by atoms with Crippen LogP contribution in [0.5, 0.6) is 5.75 Å². The number of hydrogen-bond donors (Lipinski definition) is 3. The molecule has 2 aromatic carbocycles. The van der Waals surface area contributed by atoms with Crippen LogP contribution in [-0.4, -0.2) is 59.4 Å². The van der Waals surface area contributed by atoms with E-state index in [1.807, 2.05) is 42.5 Å². The fourth-order valence-electron chi connectivity index (χ4n) is 4.43. The summed E-state index contributed by atoms with van der Waals surface area (Å²) in [7, 11) is 0. The largest absolute Gasteiger partial charge is 0.493 e. The zero-order valence-electron chi connectivity index (χ0n) is 19.8. The molecule has 3 N–H and O–H groups in total. The molecule has 2 unspecified atom stereocenters. The molecule has 2 heterocycles. The Morgan fingerprint density at radius 3 is 2.74 bits per heavy atom. The molecule has 1 aliphatic rings. The van der Waals surface area contributed by atoms with E-state index in [1.54, 1.807) is 11.8 Å². The molecule has 186 valence electrons. The zero-order chi connectivity index (χ0) is 24.9. The van der Waals surface area contributed by atoms with Gasteiger partial charge in [-0.3, -0.25) is 9.69 Å². The van der Waals surface area contributed by atoms with E-state index in [1.165, 1.54) is 6.92 Å². The van der Waals surface area contributed by atoms with Crippen molar-refractivity contribution in [1.29, 1.82) is 0 Å². The van der Waals surface area contributed by atoms with Crippen molar-refractivity contribution in [3.8, 4) is 5.75 Å². The molecule has 2 atom stereocenters. The second-order valence-corrected chi connectivity index (χ2v) is 8.99. The number of ether oxygens (including phenoxy) is 2. The molecule has 0 aliphatic carbocycles. The summed E-state index contributed by atoms with van der Waals surface area (Å²) in [6.45, 7) is 4.55. The number of carbonyl (C=O) groups is 2. The van der Waals surface area contributed by atoms with Crippen LogP contribution in [0, 0.1) is 0 Å². The number of benzene rings is 2. The van der Waals surface area contributed by atoms with Crippen molar-refractivity contribution < 1.29 is 24.2 Å². The maximum atomic E-state index is 12.8. The number of hydrogen-bond acceptors (Lipinski definition) is 5. The highest BCUT2D eigenvalue weighted by atomic mass is 35.5. The Bertz CT molecular complexity index is 1190. The lowest BCUT2D eigenvalue weighted by molar-refractivity contribution is -0.119. The summed E-state index contributed by atoms with van der Waals surface area (Å²) >= 11 is 6.26. The number of aromatic nitrogens is 1. The Hall–Kier alpha value is -3.23. The van der Waals surface area contributed by atoms with Crippen molar-refractivity contribution in [2.75, 3.05) is 26.3 Å². The topological polar surface area (TPSA) is 104 Å². The number of fused-ring (bicyclic) bond motifs is 3. The monoisotopic (exact) mass is 499 g/mol. The molecule has 8 nitrogen and oxygen atoms in total. The summed E-state index contributed by atoms with van der Waals surface area (Å²) in [6.07, 6.45) is 0.0655. The van der Waals surface area contributed by atoms with Gasteiger partial charge in [-0.15, -0.1) is 0 Å². The minimum Gasteiger partial charge on any atom is -0.493 e. The number of halogens is 1. The Labute approximate surface area is 209 Å². The SMILES string of the molecule is CCOC(=O)N1CCc2c([nH]c3ccc(Cl)cc23)C1c1ccc(OCCC(O)CNC(C)=O)cc1.